The van der Waals surface area contributed by atoms with Crippen molar-refractivity contribution in [2.45, 2.75) is 0 Å². The molecule has 0 saturated heterocycles. The highest BCUT2D eigenvalue weighted by molar-refractivity contribution is 7.54. The molecule has 1 unspecified atom stereocenters. The number of hydrogen-bond acceptors (Lipinski definition) is 8. The van der Waals surface area contributed by atoms with Gasteiger partial charge in [-0.1, -0.05) is 0 Å². The number of rotatable bonds is 8. The van der Waals surface area contributed by atoms with Crippen LogP contribution in [0.25, 0.3) is 0 Å². The summed E-state index contributed by atoms with van der Waals surface area (Å²) in [6.45, 7) is 0. The van der Waals surface area contributed by atoms with Gasteiger partial charge in [-0.25, -0.2) is 19.0 Å². The van der Waals surface area contributed by atoms with Crippen molar-refractivity contribution in [3.8, 4) is 0 Å². The Morgan fingerprint density at radius 2 is 1.31 bits per heavy atom. The summed E-state index contributed by atoms with van der Waals surface area (Å²) >= 11 is 0. The minimum absolute atomic E-state index is 1.21. The first-order chi connectivity index (χ1) is 6.24. The summed E-state index contributed by atoms with van der Waals surface area (Å²) in [7, 11) is -0.526. The van der Waals surface area contributed by atoms with Crippen LogP contribution in [-0.4, -0.2) is 26.2 Å². The summed E-state index contributed by atoms with van der Waals surface area (Å²) < 4.78 is 17.7. The van der Waals surface area contributed by atoms with Crippen LogP contribution < -0.4 is 0 Å². The van der Waals surface area contributed by atoms with Crippen molar-refractivity contribution in [2.24, 2.45) is 0 Å². The van der Waals surface area contributed by atoms with E-state index in [2.05, 4.69) is 33.0 Å². The second-order valence-corrected chi connectivity index (χ2v) is 3.29. The molecule has 0 heterocycles. The van der Waals surface area contributed by atoms with Crippen LogP contribution in [0.3, 0.4) is 0 Å². The van der Waals surface area contributed by atoms with E-state index >= 15 is 0 Å². The molecule has 10 heteroatoms. The Kier molecular flexibility index (Phi) is 9.49. The third-order valence-electron chi connectivity index (χ3n) is 0.546. The van der Waals surface area contributed by atoms with Gasteiger partial charge in [0, 0.05) is 0 Å². The highest BCUT2D eigenvalue weighted by atomic mass is 31.2. The zero-order valence-electron chi connectivity index (χ0n) is 7.20. The molecule has 0 aromatic heterocycles. The van der Waals surface area contributed by atoms with Gasteiger partial charge in [0.1, 0.15) is 0 Å². The normalized spacial score (nSPS) is 13.6. The maximum Gasteiger partial charge on any atom is 0.399 e. The van der Waals surface area contributed by atoms with Crippen molar-refractivity contribution in [1.82, 2.24) is 0 Å². The van der Waals surface area contributed by atoms with Gasteiger partial charge in [-0.05, 0) is 0 Å². The zero-order valence-corrected chi connectivity index (χ0v) is 8.99. The lowest BCUT2D eigenvalue weighted by Crippen LogP contribution is -1.93. The first-order valence-corrected chi connectivity index (χ1v) is 5.06. The largest absolute Gasteiger partial charge is 0.399 e. The molecule has 8 nitrogen and oxygen atoms in total. The SMILES string of the molecule is COOP(O)OP(OOC)OOC. The fourth-order valence-electron chi connectivity index (χ4n) is 0.296. The van der Waals surface area contributed by atoms with Gasteiger partial charge in [-0.3, -0.25) is 0 Å². The monoisotopic (exact) mass is 236 g/mol. The van der Waals surface area contributed by atoms with E-state index in [1.165, 1.54) is 21.3 Å². The molecule has 0 aliphatic rings. The first kappa shape index (κ1) is 13.5. The minimum Gasteiger partial charge on any atom is -0.326 e. The summed E-state index contributed by atoms with van der Waals surface area (Å²) in [5.41, 5.74) is 0. The van der Waals surface area contributed by atoms with Gasteiger partial charge >= 0.3 is 17.2 Å². The number of hydrogen-bond donors (Lipinski definition) is 1. The van der Waals surface area contributed by atoms with Crippen LogP contribution >= 0.6 is 17.2 Å². The second kappa shape index (κ2) is 9.11. The summed E-state index contributed by atoms with van der Waals surface area (Å²) in [6, 6.07) is 0. The standard InChI is InChI=1S/C3H10O8P2/c1-5-8-12(4)11-13(9-6-2)10-7-3/h4H,1-3H3. The van der Waals surface area contributed by atoms with Crippen LogP contribution in [0, 0.1) is 0 Å². The van der Waals surface area contributed by atoms with E-state index in [1.54, 1.807) is 0 Å². The van der Waals surface area contributed by atoms with Crippen molar-refractivity contribution >= 4 is 17.2 Å². The molecule has 0 amide bonds. The molecule has 0 aliphatic carbocycles. The lowest BCUT2D eigenvalue weighted by Gasteiger charge is -2.13. The molecule has 0 saturated carbocycles. The predicted octanol–water partition coefficient (Wildman–Crippen LogP) is 1.18. The fourth-order valence-corrected chi connectivity index (χ4v) is 1.47. The highest BCUT2D eigenvalue weighted by Crippen LogP contribution is 2.52. The van der Waals surface area contributed by atoms with Crippen LogP contribution in [0.5, 0.6) is 0 Å². The van der Waals surface area contributed by atoms with E-state index in [1.807, 2.05) is 0 Å². The van der Waals surface area contributed by atoms with Crippen LogP contribution in [0.2, 0.25) is 0 Å². The molecule has 0 fully saturated rings. The van der Waals surface area contributed by atoms with Crippen molar-refractivity contribution in [3.63, 3.8) is 0 Å². The van der Waals surface area contributed by atoms with Gasteiger partial charge < -0.3 is 4.89 Å². The highest BCUT2D eigenvalue weighted by Gasteiger charge is 2.22. The molecule has 0 aromatic carbocycles. The lowest BCUT2D eigenvalue weighted by molar-refractivity contribution is -0.243. The molecular formula is C3H10O8P2. The summed E-state index contributed by atoms with van der Waals surface area (Å²) in [5, 5.41) is 0. The molecule has 0 rings (SSSR count). The molecule has 0 aliphatic heterocycles. The van der Waals surface area contributed by atoms with E-state index in [4.69, 9.17) is 4.89 Å². The van der Waals surface area contributed by atoms with Gasteiger partial charge in [-0.15, -0.1) is 0 Å². The minimum atomic E-state index is -2.25. The Morgan fingerprint density at radius 1 is 0.846 bits per heavy atom. The van der Waals surface area contributed by atoms with Crippen LogP contribution in [0.15, 0.2) is 0 Å². The van der Waals surface area contributed by atoms with Crippen LogP contribution in [0.4, 0.5) is 0 Å². The Bertz CT molecular complexity index is 108. The van der Waals surface area contributed by atoms with E-state index < -0.39 is 17.2 Å². The Balaban J connectivity index is 3.64. The molecule has 0 aromatic rings. The molecular weight excluding hydrogens is 226 g/mol. The second-order valence-electron chi connectivity index (χ2n) is 1.27. The van der Waals surface area contributed by atoms with E-state index in [0.29, 0.717) is 0 Å². The van der Waals surface area contributed by atoms with Gasteiger partial charge in [0.2, 0.25) is 0 Å². The predicted molar refractivity (Wildman–Crippen MR) is 41.4 cm³/mol. The molecule has 80 valence electrons. The maximum absolute atomic E-state index is 8.91. The Morgan fingerprint density at radius 3 is 1.69 bits per heavy atom. The third kappa shape index (κ3) is 7.60. The third-order valence-corrected chi connectivity index (χ3v) is 2.46. The molecule has 1 N–H and O–H groups in total. The average Bonchev–Trinajstić information content (AvgIpc) is 2.05. The molecule has 0 bridgehead atoms. The summed E-state index contributed by atoms with van der Waals surface area (Å²) in [6.07, 6.45) is 0. The average molecular weight is 236 g/mol. The molecule has 0 spiro atoms. The van der Waals surface area contributed by atoms with Gasteiger partial charge in [0.05, 0.1) is 21.3 Å². The molecule has 13 heavy (non-hydrogen) atoms. The van der Waals surface area contributed by atoms with Crippen molar-refractivity contribution in [2.75, 3.05) is 21.3 Å². The zero-order chi connectivity index (χ0) is 10.1. The Hall–Kier alpha value is 0.540. The molecule has 0 radical (unpaired) electrons. The summed E-state index contributed by atoms with van der Waals surface area (Å²) in [4.78, 5) is 21.5. The maximum atomic E-state index is 8.91. The van der Waals surface area contributed by atoms with Gasteiger partial charge in [-0.2, -0.15) is 14.0 Å². The van der Waals surface area contributed by atoms with Crippen LogP contribution in [0.1, 0.15) is 0 Å². The van der Waals surface area contributed by atoms with Crippen molar-refractivity contribution in [1.29, 1.82) is 0 Å². The summed E-state index contributed by atoms with van der Waals surface area (Å²) in [5.74, 6) is 0. The van der Waals surface area contributed by atoms with Crippen LogP contribution in [-0.2, 0) is 33.0 Å². The molecule has 1 atom stereocenters. The smallest absolute Gasteiger partial charge is 0.326 e. The Labute approximate surface area is 77.4 Å². The van der Waals surface area contributed by atoms with Crippen molar-refractivity contribution < 1.29 is 37.9 Å². The fraction of sp³-hybridized carbons (Fsp3) is 1.00. The van der Waals surface area contributed by atoms with Gasteiger partial charge in [0.15, 0.2) is 0 Å². The van der Waals surface area contributed by atoms with Gasteiger partial charge in [0.25, 0.3) is 0 Å². The van der Waals surface area contributed by atoms with E-state index in [9.17, 15) is 0 Å². The van der Waals surface area contributed by atoms with E-state index in [-0.39, 0.29) is 0 Å². The topological polar surface area (TPSA) is 84.8 Å². The van der Waals surface area contributed by atoms with E-state index in [0.717, 1.165) is 0 Å². The first-order valence-electron chi connectivity index (χ1n) is 2.84. The van der Waals surface area contributed by atoms with Crippen molar-refractivity contribution in [3.05, 3.63) is 0 Å². The lowest BCUT2D eigenvalue weighted by atomic mass is 11.8. The quantitative estimate of drug-likeness (QED) is 0.382.